The molecule has 0 spiro atoms. The number of halogens is 2. The van der Waals surface area contributed by atoms with Crippen LogP contribution in [0.2, 0.25) is 5.02 Å². The average Bonchev–Trinajstić information content (AvgIpc) is 2.88. The van der Waals surface area contributed by atoms with Crippen molar-refractivity contribution in [3.05, 3.63) is 52.8 Å². The molecule has 0 unspecified atom stereocenters. The first-order valence-electron chi connectivity index (χ1n) is 6.56. The molecule has 0 radical (unpaired) electrons. The molecule has 0 aromatic heterocycles. The second kappa shape index (κ2) is 5.37. The van der Waals surface area contributed by atoms with Crippen molar-refractivity contribution >= 4 is 23.4 Å². The van der Waals surface area contributed by atoms with Crippen molar-refractivity contribution in [1.82, 2.24) is 0 Å². The third-order valence-electron chi connectivity index (χ3n) is 3.43. The summed E-state index contributed by atoms with van der Waals surface area (Å²) in [6.45, 7) is 2.80. The van der Waals surface area contributed by atoms with Gasteiger partial charge in [0.2, 0.25) is 0 Å². The van der Waals surface area contributed by atoms with E-state index in [9.17, 15) is 9.18 Å². The number of carbonyl (C=O) groups is 1. The van der Waals surface area contributed by atoms with Crippen LogP contribution in [0.3, 0.4) is 0 Å². The summed E-state index contributed by atoms with van der Waals surface area (Å²) in [6, 6.07) is 10.3. The second-order valence-corrected chi connectivity index (χ2v) is 5.32. The smallest absolute Gasteiger partial charge is 0.414 e. The lowest BCUT2D eigenvalue weighted by Gasteiger charge is -2.18. The maximum atomic E-state index is 13.7. The fourth-order valence-corrected chi connectivity index (χ4v) is 2.51. The van der Waals surface area contributed by atoms with Gasteiger partial charge in [0.25, 0.3) is 0 Å². The van der Waals surface area contributed by atoms with Crippen molar-refractivity contribution in [1.29, 1.82) is 0 Å². The fourth-order valence-electron chi connectivity index (χ4n) is 2.39. The molecule has 1 amide bonds. The lowest BCUT2D eigenvalue weighted by molar-refractivity contribution is 0.181. The minimum atomic E-state index is -0.481. The van der Waals surface area contributed by atoms with E-state index in [1.807, 2.05) is 25.1 Å². The van der Waals surface area contributed by atoms with Crippen LogP contribution in [0.5, 0.6) is 0 Å². The number of hydrogen-bond acceptors (Lipinski definition) is 2. The SMILES string of the molecule is Cc1ccc(N2CCOC2=O)c(-c2ccc(Cl)c(F)c2)c1. The summed E-state index contributed by atoms with van der Waals surface area (Å²) in [4.78, 5) is 13.3. The van der Waals surface area contributed by atoms with Crippen LogP contribution in [0.4, 0.5) is 14.9 Å². The molecule has 3 nitrogen and oxygen atoms in total. The highest BCUT2D eigenvalue weighted by atomic mass is 35.5. The molecule has 2 aromatic carbocycles. The molecule has 0 bridgehead atoms. The standard InChI is InChI=1S/C16H13ClFNO2/c1-10-2-5-15(19-6-7-21-16(19)20)12(8-10)11-3-4-13(17)14(18)9-11/h2-5,8-9H,6-7H2,1H3. The molecule has 5 heteroatoms. The molecular formula is C16H13ClFNO2. The van der Waals surface area contributed by atoms with Crippen molar-refractivity contribution in [2.75, 3.05) is 18.1 Å². The molecule has 1 aliphatic rings. The number of anilines is 1. The van der Waals surface area contributed by atoms with Crippen LogP contribution < -0.4 is 4.90 Å². The first-order chi connectivity index (χ1) is 10.1. The summed E-state index contributed by atoms with van der Waals surface area (Å²) >= 11 is 5.73. The predicted octanol–water partition coefficient (Wildman–Crippen LogP) is 4.41. The number of aryl methyl sites for hydroxylation is 1. The molecule has 0 saturated carbocycles. The van der Waals surface area contributed by atoms with Crippen LogP contribution in [0.25, 0.3) is 11.1 Å². The number of cyclic esters (lactones) is 1. The van der Waals surface area contributed by atoms with E-state index >= 15 is 0 Å². The number of carbonyl (C=O) groups excluding carboxylic acids is 1. The van der Waals surface area contributed by atoms with Gasteiger partial charge in [-0.15, -0.1) is 0 Å². The first kappa shape index (κ1) is 13.9. The lowest BCUT2D eigenvalue weighted by atomic mass is 10.0. The van der Waals surface area contributed by atoms with Crippen molar-refractivity contribution in [3.8, 4) is 11.1 Å². The zero-order chi connectivity index (χ0) is 15.0. The van der Waals surface area contributed by atoms with Crippen molar-refractivity contribution in [2.24, 2.45) is 0 Å². The van der Waals surface area contributed by atoms with E-state index in [-0.39, 0.29) is 11.1 Å². The minimum absolute atomic E-state index is 0.0773. The number of nitrogens with zero attached hydrogens (tertiary/aromatic N) is 1. The lowest BCUT2D eigenvalue weighted by Crippen LogP contribution is -2.24. The van der Waals surface area contributed by atoms with Crippen molar-refractivity contribution < 1.29 is 13.9 Å². The quantitative estimate of drug-likeness (QED) is 0.822. The Morgan fingerprint density at radius 2 is 2.05 bits per heavy atom. The van der Waals surface area contributed by atoms with Gasteiger partial charge in [-0.3, -0.25) is 4.90 Å². The Kier molecular flexibility index (Phi) is 3.55. The Morgan fingerprint density at radius 3 is 2.71 bits per heavy atom. The molecule has 2 aromatic rings. The van der Waals surface area contributed by atoms with Gasteiger partial charge in [-0.05, 0) is 36.8 Å². The molecule has 1 saturated heterocycles. The van der Waals surface area contributed by atoms with Gasteiger partial charge in [0.1, 0.15) is 12.4 Å². The van der Waals surface area contributed by atoms with Crippen LogP contribution >= 0.6 is 11.6 Å². The monoisotopic (exact) mass is 305 g/mol. The molecule has 1 aliphatic heterocycles. The van der Waals surface area contributed by atoms with Crippen LogP contribution in [-0.2, 0) is 4.74 Å². The van der Waals surface area contributed by atoms with E-state index in [0.717, 1.165) is 11.1 Å². The van der Waals surface area contributed by atoms with Crippen LogP contribution in [-0.4, -0.2) is 19.2 Å². The van der Waals surface area contributed by atoms with Gasteiger partial charge in [-0.25, -0.2) is 9.18 Å². The Hall–Kier alpha value is -2.07. The Bertz CT molecular complexity index is 717. The zero-order valence-corrected chi connectivity index (χ0v) is 12.2. The summed E-state index contributed by atoms with van der Waals surface area (Å²) in [7, 11) is 0. The van der Waals surface area contributed by atoms with Crippen molar-refractivity contribution in [2.45, 2.75) is 6.92 Å². The van der Waals surface area contributed by atoms with E-state index in [0.29, 0.717) is 24.4 Å². The molecule has 1 heterocycles. The third-order valence-corrected chi connectivity index (χ3v) is 3.74. The molecular weight excluding hydrogens is 293 g/mol. The largest absolute Gasteiger partial charge is 0.447 e. The highest BCUT2D eigenvalue weighted by Gasteiger charge is 2.26. The zero-order valence-electron chi connectivity index (χ0n) is 11.4. The van der Waals surface area contributed by atoms with Crippen molar-refractivity contribution in [3.63, 3.8) is 0 Å². The second-order valence-electron chi connectivity index (χ2n) is 4.92. The van der Waals surface area contributed by atoms with Crippen LogP contribution in [0.15, 0.2) is 36.4 Å². The van der Waals surface area contributed by atoms with E-state index in [1.165, 1.54) is 12.1 Å². The summed E-state index contributed by atoms with van der Waals surface area (Å²) < 4.78 is 18.7. The van der Waals surface area contributed by atoms with Gasteiger partial charge < -0.3 is 4.74 Å². The maximum Gasteiger partial charge on any atom is 0.414 e. The van der Waals surface area contributed by atoms with Gasteiger partial charge in [0.05, 0.1) is 17.3 Å². The van der Waals surface area contributed by atoms with E-state index in [4.69, 9.17) is 16.3 Å². The van der Waals surface area contributed by atoms with Gasteiger partial charge in [0, 0.05) is 5.56 Å². The Balaban J connectivity index is 2.14. The molecule has 108 valence electrons. The third kappa shape index (κ3) is 2.59. The fraction of sp³-hybridized carbons (Fsp3) is 0.188. The summed E-state index contributed by atoms with van der Waals surface area (Å²) in [5.41, 5.74) is 3.20. The molecule has 0 atom stereocenters. The Morgan fingerprint density at radius 1 is 1.24 bits per heavy atom. The van der Waals surface area contributed by atoms with Gasteiger partial charge >= 0.3 is 6.09 Å². The average molecular weight is 306 g/mol. The van der Waals surface area contributed by atoms with Gasteiger partial charge in [0.15, 0.2) is 0 Å². The first-order valence-corrected chi connectivity index (χ1v) is 6.94. The highest BCUT2D eigenvalue weighted by Crippen LogP contribution is 2.34. The van der Waals surface area contributed by atoms with E-state index < -0.39 is 5.82 Å². The number of ether oxygens (including phenoxy) is 1. The topological polar surface area (TPSA) is 29.5 Å². The maximum absolute atomic E-state index is 13.7. The molecule has 1 fully saturated rings. The summed E-state index contributed by atoms with van der Waals surface area (Å²) in [6.07, 6.45) is -0.380. The summed E-state index contributed by atoms with van der Waals surface area (Å²) in [5, 5.41) is 0.0773. The van der Waals surface area contributed by atoms with Gasteiger partial charge in [-0.2, -0.15) is 0 Å². The molecule has 21 heavy (non-hydrogen) atoms. The van der Waals surface area contributed by atoms with Crippen LogP contribution in [0, 0.1) is 12.7 Å². The minimum Gasteiger partial charge on any atom is -0.447 e. The molecule has 0 N–H and O–H groups in total. The number of amides is 1. The highest BCUT2D eigenvalue weighted by molar-refractivity contribution is 6.30. The van der Waals surface area contributed by atoms with E-state index in [1.54, 1.807) is 11.0 Å². The Labute approximate surface area is 126 Å². The normalized spacial score (nSPS) is 14.4. The summed E-state index contributed by atoms with van der Waals surface area (Å²) in [5.74, 6) is -0.481. The molecule has 3 rings (SSSR count). The number of benzene rings is 2. The number of rotatable bonds is 2. The molecule has 0 aliphatic carbocycles. The number of hydrogen-bond donors (Lipinski definition) is 0. The van der Waals surface area contributed by atoms with Crippen LogP contribution in [0.1, 0.15) is 5.56 Å². The van der Waals surface area contributed by atoms with Gasteiger partial charge in [-0.1, -0.05) is 29.3 Å². The van der Waals surface area contributed by atoms with E-state index in [2.05, 4.69) is 0 Å². The predicted molar refractivity (Wildman–Crippen MR) is 80.3 cm³/mol.